The second kappa shape index (κ2) is 5.43. The molecule has 0 fully saturated rings. The van der Waals surface area contributed by atoms with E-state index in [0.29, 0.717) is 18.1 Å². The van der Waals surface area contributed by atoms with Gasteiger partial charge in [-0.05, 0) is 17.5 Å². The molecule has 2 rings (SSSR count). The first-order chi connectivity index (χ1) is 8.86. The van der Waals surface area contributed by atoms with Crippen LogP contribution in [-0.2, 0) is 6.42 Å². The van der Waals surface area contributed by atoms with Crippen LogP contribution in [0.25, 0.3) is 11.4 Å². The van der Waals surface area contributed by atoms with E-state index in [1.165, 1.54) is 0 Å². The largest absolute Gasteiger partial charge is 0.339 e. The van der Waals surface area contributed by atoms with Crippen LogP contribution in [0.3, 0.4) is 0 Å². The van der Waals surface area contributed by atoms with E-state index in [-0.39, 0.29) is 11.5 Å². The average Bonchev–Trinajstić information content (AvgIpc) is 2.76. The fraction of sp³-hybridized carbons (Fsp3) is 0.429. The zero-order valence-corrected chi connectivity index (χ0v) is 12.9. The molecule has 0 bridgehead atoms. The third-order valence-corrected chi connectivity index (χ3v) is 3.55. The summed E-state index contributed by atoms with van der Waals surface area (Å²) in [5, 5.41) is 4.00. The van der Waals surface area contributed by atoms with Crippen molar-refractivity contribution < 1.29 is 4.52 Å². The number of halogens is 1. The number of aromatic nitrogens is 2. The van der Waals surface area contributed by atoms with E-state index in [1.807, 2.05) is 24.3 Å². The van der Waals surface area contributed by atoms with Crippen LogP contribution in [-0.4, -0.2) is 16.2 Å². The Morgan fingerprint density at radius 3 is 2.74 bits per heavy atom. The highest BCUT2D eigenvalue weighted by Gasteiger charge is 2.23. The topological polar surface area (TPSA) is 64.9 Å². The second-order valence-corrected chi connectivity index (χ2v) is 6.61. The first kappa shape index (κ1) is 14.2. The lowest BCUT2D eigenvalue weighted by Crippen LogP contribution is -2.36. The molecular weight excluding hydrogens is 306 g/mol. The van der Waals surface area contributed by atoms with Gasteiger partial charge in [-0.15, -0.1) is 0 Å². The van der Waals surface area contributed by atoms with Gasteiger partial charge in [-0.25, -0.2) is 0 Å². The van der Waals surface area contributed by atoms with E-state index < -0.39 is 0 Å². The normalized spacial score (nSPS) is 13.5. The van der Waals surface area contributed by atoms with Crippen molar-refractivity contribution >= 4 is 15.9 Å². The van der Waals surface area contributed by atoms with Gasteiger partial charge in [0.2, 0.25) is 11.7 Å². The van der Waals surface area contributed by atoms with Crippen LogP contribution >= 0.6 is 15.9 Å². The minimum atomic E-state index is -0.0108. The third-order valence-electron chi connectivity index (χ3n) is 3.06. The van der Waals surface area contributed by atoms with Crippen LogP contribution in [0.2, 0.25) is 0 Å². The van der Waals surface area contributed by atoms with Crippen molar-refractivity contribution in [1.82, 2.24) is 10.1 Å². The Bertz CT molecular complexity index is 560. The standard InChI is InChI=1S/C14H18BrN3O/c1-14(2,3)11(16)8-12-17-13(18-19-12)9-5-4-6-10(15)7-9/h4-7,11H,8,16H2,1-3H3. The van der Waals surface area contributed by atoms with Gasteiger partial charge >= 0.3 is 0 Å². The molecule has 2 aromatic rings. The minimum Gasteiger partial charge on any atom is -0.339 e. The number of hydrogen-bond donors (Lipinski definition) is 1. The maximum Gasteiger partial charge on any atom is 0.228 e. The SMILES string of the molecule is CC(C)(C)C(N)Cc1nc(-c2cccc(Br)c2)no1. The summed E-state index contributed by atoms with van der Waals surface area (Å²) in [6.07, 6.45) is 0.588. The van der Waals surface area contributed by atoms with Crippen LogP contribution in [0.5, 0.6) is 0 Å². The molecule has 0 spiro atoms. The highest BCUT2D eigenvalue weighted by Crippen LogP contribution is 2.23. The fourth-order valence-electron chi connectivity index (χ4n) is 1.58. The van der Waals surface area contributed by atoms with Crippen molar-refractivity contribution in [3.8, 4) is 11.4 Å². The van der Waals surface area contributed by atoms with Gasteiger partial charge < -0.3 is 10.3 Å². The quantitative estimate of drug-likeness (QED) is 0.939. The zero-order chi connectivity index (χ0) is 14.0. The molecule has 102 valence electrons. The molecule has 0 saturated carbocycles. The summed E-state index contributed by atoms with van der Waals surface area (Å²) in [7, 11) is 0. The van der Waals surface area contributed by atoms with E-state index >= 15 is 0 Å². The lowest BCUT2D eigenvalue weighted by Gasteiger charge is -2.25. The van der Waals surface area contributed by atoms with Gasteiger partial charge in [-0.3, -0.25) is 0 Å². The van der Waals surface area contributed by atoms with Crippen LogP contribution in [0.1, 0.15) is 26.7 Å². The fourth-order valence-corrected chi connectivity index (χ4v) is 1.98. The molecule has 0 radical (unpaired) electrons. The lowest BCUT2D eigenvalue weighted by atomic mass is 9.85. The number of hydrogen-bond acceptors (Lipinski definition) is 4. The first-order valence-corrected chi connectivity index (χ1v) is 6.99. The number of nitrogens with zero attached hydrogens (tertiary/aromatic N) is 2. The van der Waals surface area contributed by atoms with Crippen LogP contribution in [0.15, 0.2) is 33.3 Å². The van der Waals surface area contributed by atoms with E-state index in [2.05, 4.69) is 46.8 Å². The summed E-state index contributed by atoms with van der Waals surface area (Å²) < 4.78 is 6.26. The second-order valence-electron chi connectivity index (χ2n) is 5.70. The molecule has 1 aromatic heterocycles. The van der Waals surface area contributed by atoms with Gasteiger partial charge in [0, 0.05) is 22.5 Å². The Kier molecular flexibility index (Phi) is 4.06. The highest BCUT2D eigenvalue weighted by molar-refractivity contribution is 9.10. The maximum atomic E-state index is 6.12. The molecule has 0 saturated heterocycles. The van der Waals surface area contributed by atoms with Crippen molar-refractivity contribution in [2.45, 2.75) is 33.2 Å². The van der Waals surface area contributed by atoms with Crippen LogP contribution in [0, 0.1) is 5.41 Å². The summed E-state index contributed by atoms with van der Waals surface area (Å²) in [4.78, 5) is 4.40. The number of rotatable bonds is 3. The zero-order valence-electron chi connectivity index (χ0n) is 11.4. The number of nitrogens with two attached hydrogens (primary N) is 1. The molecule has 1 aromatic carbocycles. The van der Waals surface area contributed by atoms with Gasteiger partial charge in [0.25, 0.3) is 0 Å². The molecule has 5 heteroatoms. The lowest BCUT2D eigenvalue weighted by molar-refractivity contribution is 0.286. The van der Waals surface area contributed by atoms with E-state index in [0.717, 1.165) is 10.0 Å². The van der Waals surface area contributed by atoms with Crippen LogP contribution in [0.4, 0.5) is 0 Å². The first-order valence-electron chi connectivity index (χ1n) is 6.20. The summed E-state index contributed by atoms with van der Waals surface area (Å²) in [6, 6.07) is 7.79. The van der Waals surface area contributed by atoms with Crippen molar-refractivity contribution in [2.75, 3.05) is 0 Å². The summed E-state index contributed by atoms with van der Waals surface area (Å²) in [5.74, 6) is 1.18. The third kappa shape index (κ3) is 3.64. The molecule has 1 heterocycles. The van der Waals surface area contributed by atoms with E-state index in [4.69, 9.17) is 10.3 Å². The summed E-state index contributed by atoms with van der Waals surface area (Å²) in [5.41, 5.74) is 7.06. The monoisotopic (exact) mass is 323 g/mol. The molecule has 0 aliphatic carbocycles. The number of benzene rings is 1. The van der Waals surface area contributed by atoms with Crippen molar-refractivity contribution in [2.24, 2.45) is 11.1 Å². The smallest absolute Gasteiger partial charge is 0.228 e. The summed E-state index contributed by atoms with van der Waals surface area (Å²) in [6.45, 7) is 6.30. The molecule has 1 unspecified atom stereocenters. The maximum absolute atomic E-state index is 6.12. The van der Waals surface area contributed by atoms with Crippen molar-refractivity contribution in [3.63, 3.8) is 0 Å². The molecule has 4 nitrogen and oxygen atoms in total. The van der Waals surface area contributed by atoms with Crippen molar-refractivity contribution in [3.05, 3.63) is 34.6 Å². The Morgan fingerprint density at radius 2 is 2.11 bits per heavy atom. The van der Waals surface area contributed by atoms with Gasteiger partial charge in [0.05, 0.1) is 0 Å². The molecule has 0 aliphatic heterocycles. The molecule has 0 amide bonds. The van der Waals surface area contributed by atoms with Gasteiger partial charge in [0.15, 0.2) is 0 Å². The Labute approximate surface area is 121 Å². The Morgan fingerprint density at radius 1 is 1.37 bits per heavy atom. The van der Waals surface area contributed by atoms with Crippen LogP contribution < -0.4 is 5.73 Å². The predicted molar refractivity (Wildman–Crippen MR) is 78.6 cm³/mol. The van der Waals surface area contributed by atoms with Gasteiger partial charge in [-0.2, -0.15) is 4.98 Å². The molecule has 19 heavy (non-hydrogen) atoms. The minimum absolute atomic E-state index is 0.0108. The van der Waals surface area contributed by atoms with E-state index in [1.54, 1.807) is 0 Å². The predicted octanol–water partition coefficient (Wildman–Crippen LogP) is 3.42. The molecule has 0 aliphatic rings. The molecular formula is C14H18BrN3O. The summed E-state index contributed by atoms with van der Waals surface area (Å²) >= 11 is 3.43. The molecule has 2 N–H and O–H groups in total. The van der Waals surface area contributed by atoms with Gasteiger partial charge in [0.1, 0.15) is 0 Å². The highest BCUT2D eigenvalue weighted by atomic mass is 79.9. The van der Waals surface area contributed by atoms with E-state index in [9.17, 15) is 0 Å². The Balaban J connectivity index is 2.16. The van der Waals surface area contributed by atoms with Gasteiger partial charge in [-0.1, -0.05) is 54.0 Å². The average molecular weight is 324 g/mol. The molecule has 1 atom stereocenters. The van der Waals surface area contributed by atoms with Crippen molar-refractivity contribution in [1.29, 1.82) is 0 Å². The Hall–Kier alpha value is -1.20.